The van der Waals surface area contributed by atoms with E-state index in [9.17, 15) is 33.6 Å². The lowest BCUT2D eigenvalue weighted by Crippen LogP contribution is -2.46. The molecule has 1 aromatic carbocycles. The summed E-state index contributed by atoms with van der Waals surface area (Å²) >= 11 is 0. The molecule has 3 aromatic rings. The Kier molecular flexibility index (Phi) is 15.3. The third-order valence-corrected chi connectivity index (χ3v) is 7.84. The monoisotopic (exact) mass is 736 g/mol. The molecule has 53 heavy (non-hydrogen) atoms. The van der Waals surface area contributed by atoms with E-state index in [-0.39, 0.29) is 74.3 Å². The summed E-state index contributed by atoms with van der Waals surface area (Å²) in [6, 6.07) is 4.40. The molecule has 0 aliphatic carbocycles. The number of ketones is 2. The highest BCUT2D eigenvalue weighted by Gasteiger charge is 2.28. The second kappa shape index (κ2) is 19.8. The normalized spacial score (nSPS) is 12.5. The lowest BCUT2D eigenvalue weighted by molar-refractivity contribution is -0.140. The molecule has 0 saturated heterocycles. The minimum atomic E-state index is -1.28. The van der Waals surface area contributed by atoms with Gasteiger partial charge >= 0.3 is 5.97 Å². The number of aromatic nitrogens is 4. The first-order valence-electron chi connectivity index (χ1n) is 16.7. The molecule has 3 atom stereocenters. The van der Waals surface area contributed by atoms with E-state index in [1.165, 1.54) is 13.1 Å². The molecule has 284 valence electrons. The number of hydrogen-bond acceptors (Lipinski definition) is 13. The van der Waals surface area contributed by atoms with Crippen LogP contribution in [0.2, 0.25) is 0 Å². The van der Waals surface area contributed by atoms with E-state index in [0.29, 0.717) is 23.4 Å². The molecule has 20 nitrogen and oxygen atoms in total. The number of carboxylic acids is 1. The topological polar surface area (TPSA) is 333 Å². The quantitative estimate of drug-likeness (QED) is 0.0363. The summed E-state index contributed by atoms with van der Waals surface area (Å²) in [7, 11) is 0. The van der Waals surface area contributed by atoms with Crippen molar-refractivity contribution in [2.24, 2.45) is 22.4 Å². The van der Waals surface area contributed by atoms with Crippen molar-refractivity contribution in [3.05, 3.63) is 52.1 Å². The summed E-state index contributed by atoms with van der Waals surface area (Å²) in [6.45, 7) is 3.24. The molecule has 0 aliphatic rings. The number of hydrogen-bond donors (Lipinski definition) is 9. The van der Waals surface area contributed by atoms with Crippen LogP contribution >= 0.6 is 0 Å². The van der Waals surface area contributed by atoms with Crippen molar-refractivity contribution >= 4 is 64.0 Å². The fourth-order valence-corrected chi connectivity index (χ4v) is 4.99. The number of aromatic amines is 1. The van der Waals surface area contributed by atoms with E-state index < -0.39 is 59.3 Å². The fourth-order valence-electron chi connectivity index (χ4n) is 4.99. The summed E-state index contributed by atoms with van der Waals surface area (Å²) in [5, 5.41) is 20.0. The van der Waals surface area contributed by atoms with Gasteiger partial charge in [0.05, 0.1) is 36.9 Å². The van der Waals surface area contributed by atoms with Crippen LogP contribution in [0, 0.1) is 5.92 Å². The number of aliphatic imine (C=N–C) groups is 1. The van der Waals surface area contributed by atoms with Crippen molar-refractivity contribution in [2.45, 2.75) is 71.0 Å². The van der Waals surface area contributed by atoms with Gasteiger partial charge in [0.2, 0.25) is 17.8 Å². The van der Waals surface area contributed by atoms with Crippen molar-refractivity contribution in [3.8, 4) is 0 Å². The number of nitrogens with one attached hydrogen (secondary N) is 5. The molecule has 3 amide bonds. The van der Waals surface area contributed by atoms with Crippen LogP contribution in [-0.2, 0) is 30.5 Å². The third-order valence-electron chi connectivity index (χ3n) is 7.84. The van der Waals surface area contributed by atoms with Crippen molar-refractivity contribution in [1.82, 2.24) is 35.9 Å². The van der Waals surface area contributed by atoms with E-state index in [1.54, 1.807) is 24.3 Å². The first kappa shape index (κ1) is 41.0. The van der Waals surface area contributed by atoms with E-state index in [0.717, 1.165) is 6.92 Å². The van der Waals surface area contributed by atoms with Crippen LogP contribution in [0.3, 0.4) is 0 Å². The Balaban J connectivity index is 1.43. The molecular weight excluding hydrogens is 692 g/mol. The number of carboxylic acid groups (broad SMARTS) is 1. The van der Waals surface area contributed by atoms with Crippen molar-refractivity contribution in [2.75, 3.05) is 24.1 Å². The van der Waals surface area contributed by atoms with E-state index in [1.807, 2.05) is 0 Å². The number of amides is 3. The number of H-pyrrole nitrogens is 1. The van der Waals surface area contributed by atoms with Crippen LogP contribution in [0.25, 0.3) is 11.2 Å². The number of benzene rings is 1. The fraction of sp³-hybridized carbons (Fsp3) is 0.424. The van der Waals surface area contributed by atoms with Crippen LogP contribution in [-0.4, -0.2) is 91.4 Å². The maximum absolute atomic E-state index is 13.0. The number of nitrogens with zero attached hydrogens (tertiary/aromatic N) is 4. The highest BCUT2D eigenvalue weighted by molar-refractivity contribution is 5.95. The highest BCUT2D eigenvalue weighted by atomic mass is 16.4. The number of carbonyl (C=O) groups is 6. The molecule has 20 heteroatoms. The second-order valence-corrected chi connectivity index (χ2v) is 12.2. The van der Waals surface area contributed by atoms with Gasteiger partial charge in [0.1, 0.15) is 0 Å². The molecular formula is C33H44N12O8. The smallest absolute Gasteiger partial charge is 0.305 e. The van der Waals surface area contributed by atoms with Crippen molar-refractivity contribution in [1.29, 1.82) is 0 Å². The zero-order valence-corrected chi connectivity index (χ0v) is 29.3. The molecule has 0 radical (unpaired) electrons. The molecule has 0 spiro atoms. The maximum atomic E-state index is 13.0. The number of rotatable bonds is 21. The Morgan fingerprint density at radius 3 is 2.38 bits per heavy atom. The molecule has 3 rings (SSSR count). The molecule has 2 heterocycles. The van der Waals surface area contributed by atoms with Gasteiger partial charge in [-0.15, -0.1) is 0 Å². The van der Waals surface area contributed by atoms with Gasteiger partial charge in [-0.3, -0.25) is 43.5 Å². The van der Waals surface area contributed by atoms with Gasteiger partial charge in [-0.05, 0) is 57.4 Å². The van der Waals surface area contributed by atoms with Crippen molar-refractivity contribution in [3.63, 3.8) is 0 Å². The lowest BCUT2D eigenvalue weighted by atomic mass is 9.93. The van der Waals surface area contributed by atoms with E-state index >= 15 is 0 Å². The first-order chi connectivity index (χ1) is 25.1. The molecule has 2 aromatic heterocycles. The number of nitrogen functional groups attached to an aromatic ring is 1. The number of Topliss-reactive ketones (excluding diaryl/α,β-unsaturated/α-hetero) is 2. The summed E-state index contributed by atoms with van der Waals surface area (Å²) in [5.41, 5.74) is 17.5. The number of anilines is 2. The van der Waals surface area contributed by atoms with Gasteiger partial charge in [0.25, 0.3) is 11.5 Å². The predicted molar refractivity (Wildman–Crippen MR) is 193 cm³/mol. The number of aliphatic carboxylic acids is 1. The SMILES string of the molecule is CC(=O)[C@H](CC(=O)O)NC(=O)[C@H](CCCN=C(N)N)CC(=O)[C@H](C)NC(=O)CCCNC(=O)c1ccc(NCc2cnc3nc(N)[nH]c(=O)c3n2)cc1. The van der Waals surface area contributed by atoms with Crippen LogP contribution in [0.1, 0.15) is 68.4 Å². The number of fused-ring (bicyclic) bond motifs is 1. The zero-order valence-electron chi connectivity index (χ0n) is 29.3. The Morgan fingerprint density at radius 1 is 1.00 bits per heavy atom. The minimum absolute atomic E-state index is 0.00560. The Hall–Kier alpha value is -6.47. The minimum Gasteiger partial charge on any atom is -0.481 e. The lowest BCUT2D eigenvalue weighted by Gasteiger charge is -2.21. The molecule has 0 aliphatic heterocycles. The highest BCUT2D eigenvalue weighted by Crippen LogP contribution is 2.16. The first-order valence-corrected chi connectivity index (χ1v) is 16.7. The summed E-state index contributed by atoms with van der Waals surface area (Å²) in [4.78, 5) is 105. The van der Waals surface area contributed by atoms with Crippen LogP contribution in [0.4, 0.5) is 11.6 Å². The second-order valence-electron chi connectivity index (χ2n) is 12.2. The average molecular weight is 737 g/mol. The molecule has 0 bridgehead atoms. The van der Waals surface area contributed by atoms with Crippen LogP contribution in [0.15, 0.2) is 40.2 Å². The molecule has 0 unspecified atom stereocenters. The Bertz CT molecular complexity index is 1890. The average Bonchev–Trinajstić information content (AvgIpc) is 3.09. The van der Waals surface area contributed by atoms with E-state index in [4.69, 9.17) is 22.3 Å². The van der Waals surface area contributed by atoms with Gasteiger partial charge < -0.3 is 43.6 Å². The number of nitrogens with two attached hydrogens (primary N) is 3. The standard InChI is InChI=1S/C33H44N12O8/c1-17(24(47)13-20(5-3-12-38-32(34)35)30(52)43-23(18(2)46)14-26(49)50)41-25(48)6-4-11-37-29(51)19-7-9-21(10-8-19)39-15-22-16-40-28-27(42-22)31(53)45-33(36)44-28/h7-10,16-17,20,23,39H,3-6,11-15H2,1-2H3,(H,37,51)(H,41,48)(H,43,52)(H,49,50)(H4,34,35,38)(H3,36,40,44,45,53)/t17-,20+,23-/m0/s1. The van der Waals surface area contributed by atoms with Gasteiger partial charge in [0.15, 0.2) is 28.7 Å². The van der Waals surface area contributed by atoms with Crippen molar-refractivity contribution < 1.29 is 33.9 Å². The summed E-state index contributed by atoms with van der Waals surface area (Å²) < 4.78 is 0. The van der Waals surface area contributed by atoms with Gasteiger partial charge in [-0.25, -0.2) is 9.97 Å². The zero-order chi connectivity index (χ0) is 39.1. The number of guanidine groups is 1. The van der Waals surface area contributed by atoms with E-state index in [2.05, 4.69) is 46.2 Å². The molecule has 12 N–H and O–H groups in total. The Labute approximate surface area is 303 Å². The number of carbonyl (C=O) groups excluding carboxylic acids is 5. The summed E-state index contributed by atoms with van der Waals surface area (Å²) in [5.74, 6) is -4.88. The predicted octanol–water partition coefficient (Wildman–Crippen LogP) is -0.900. The van der Waals surface area contributed by atoms with Gasteiger partial charge in [-0.1, -0.05) is 0 Å². The van der Waals surface area contributed by atoms with Crippen LogP contribution in [0.5, 0.6) is 0 Å². The summed E-state index contributed by atoms with van der Waals surface area (Å²) in [6.07, 6.45) is 1.33. The van der Waals surface area contributed by atoms with Crippen LogP contribution < -0.4 is 44.0 Å². The Morgan fingerprint density at radius 2 is 1.72 bits per heavy atom. The largest absolute Gasteiger partial charge is 0.481 e. The molecule has 0 fully saturated rings. The third kappa shape index (κ3) is 13.6. The molecule has 0 saturated carbocycles. The maximum Gasteiger partial charge on any atom is 0.305 e. The van der Waals surface area contributed by atoms with Gasteiger partial charge in [-0.2, -0.15) is 4.98 Å². The van der Waals surface area contributed by atoms with Gasteiger partial charge in [0, 0.05) is 43.1 Å².